The molecule has 0 aromatic heterocycles. The monoisotopic (exact) mass is 304 g/mol. The highest BCUT2D eigenvalue weighted by atomic mass is 32.2. The highest BCUT2D eigenvalue weighted by Crippen LogP contribution is 2.52. The van der Waals surface area contributed by atoms with E-state index < -0.39 is 5.25 Å². The standard InChI is InChI=1S/C15H12O5S/c16-8-4-5-10(18)15-13(8)11(19)6-12(21-15)7-2-1-3-9(17)14(7)20/h1-5,12,16-18,20H,6H2. The van der Waals surface area contributed by atoms with E-state index in [4.69, 9.17) is 0 Å². The minimum atomic E-state index is -0.440. The Hall–Kier alpha value is -2.34. The molecule has 1 unspecified atom stereocenters. The summed E-state index contributed by atoms with van der Waals surface area (Å²) in [6.45, 7) is 0. The van der Waals surface area contributed by atoms with E-state index >= 15 is 0 Å². The van der Waals surface area contributed by atoms with Gasteiger partial charge in [-0.05, 0) is 18.2 Å². The first-order valence-electron chi connectivity index (χ1n) is 6.24. The Labute approximate surface area is 124 Å². The Morgan fingerprint density at radius 2 is 1.67 bits per heavy atom. The molecule has 108 valence electrons. The Kier molecular flexibility index (Phi) is 3.17. The van der Waals surface area contributed by atoms with Crippen molar-refractivity contribution in [2.24, 2.45) is 0 Å². The van der Waals surface area contributed by atoms with Crippen LogP contribution >= 0.6 is 11.8 Å². The molecular weight excluding hydrogens is 292 g/mol. The smallest absolute Gasteiger partial charge is 0.169 e. The first-order chi connectivity index (χ1) is 9.99. The fraction of sp³-hybridized carbons (Fsp3) is 0.133. The van der Waals surface area contributed by atoms with Crippen molar-refractivity contribution in [3.8, 4) is 23.0 Å². The predicted octanol–water partition coefficient (Wildman–Crippen LogP) is 2.93. The van der Waals surface area contributed by atoms with Crippen molar-refractivity contribution in [2.45, 2.75) is 16.6 Å². The van der Waals surface area contributed by atoms with Crippen LogP contribution in [-0.4, -0.2) is 26.2 Å². The van der Waals surface area contributed by atoms with E-state index in [2.05, 4.69) is 0 Å². The lowest BCUT2D eigenvalue weighted by molar-refractivity contribution is 0.0972. The molecule has 0 fully saturated rings. The summed E-state index contributed by atoms with van der Waals surface area (Å²) in [6, 6.07) is 7.14. The number of rotatable bonds is 1. The summed E-state index contributed by atoms with van der Waals surface area (Å²) in [6.07, 6.45) is 0.0612. The zero-order valence-corrected chi connectivity index (χ0v) is 11.6. The zero-order valence-electron chi connectivity index (χ0n) is 10.8. The van der Waals surface area contributed by atoms with Crippen LogP contribution in [0.3, 0.4) is 0 Å². The van der Waals surface area contributed by atoms with Gasteiger partial charge in [-0.25, -0.2) is 0 Å². The third-order valence-electron chi connectivity index (χ3n) is 3.42. The van der Waals surface area contributed by atoms with E-state index in [9.17, 15) is 25.2 Å². The average molecular weight is 304 g/mol. The molecule has 4 N–H and O–H groups in total. The van der Waals surface area contributed by atoms with Crippen molar-refractivity contribution in [1.29, 1.82) is 0 Å². The number of carbonyl (C=O) groups is 1. The molecule has 0 saturated heterocycles. The molecule has 21 heavy (non-hydrogen) atoms. The van der Waals surface area contributed by atoms with E-state index in [-0.39, 0.29) is 40.8 Å². The molecule has 5 nitrogen and oxygen atoms in total. The number of fused-ring (bicyclic) bond motifs is 1. The largest absolute Gasteiger partial charge is 0.507 e. The van der Waals surface area contributed by atoms with Crippen molar-refractivity contribution < 1.29 is 25.2 Å². The van der Waals surface area contributed by atoms with Crippen LogP contribution in [0.2, 0.25) is 0 Å². The van der Waals surface area contributed by atoms with Gasteiger partial charge in [0.15, 0.2) is 17.3 Å². The van der Waals surface area contributed by atoms with Crippen LogP contribution in [0.5, 0.6) is 23.0 Å². The highest BCUT2D eigenvalue weighted by molar-refractivity contribution is 7.99. The molecule has 0 radical (unpaired) electrons. The number of benzene rings is 2. The van der Waals surface area contributed by atoms with Gasteiger partial charge in [0, 0.05) is 17.2 Å². The van der Waals surface area contributed by atoms with Crippen molar-refractivity contribution in [3.05, 3.63) is 41.5 Å². The van der Waals surface area contributed by atoms with Crippen LogP contribution in [0, 0.1) is 0 Å². The van der Waals surface area contributed by atoms with Crippen LogP contribution in [0.1, 0.15) is 27.6 Å². The van der Waals surface area contributed by atoms with Gasteiger partial charge >= 0.3 is 0 Å². The summed E-state index contributed by atoms with van der Waals surface area (Å²) < 4.78 is 0. The summed E-state index contributed by atoms with van der Waals surface area (Å²) in [5.41, 5.74) is 0.526. The maximum atomic E-state index is 12.2. The number of ketones is 1. The first kappa shape index (κ1) is 13.6. The lowest BCUT2D eigenvalue weighted by atomic mass is 9.99. The average Bonchev–Trinajstić information content (AvgIpc) is 2.45. The van der Waals surface area contributed by atoms with Gasteiger partial charge in [-0.2, -0.15) is 0 Å². The van der Waals surface area contributed by atoms with Gasteiger partial charge < -0.3 is 20.4 Å². The topological polar surface area (TPSA) is 98.0 Å². The first-order valence-corrected chi connectivity index (χ1v) is 7.12. The van der Waals surface area contributed by atoms with Gasteiger partial charge in [-0.15, -0.1) is 11.8 Å². The maximum absolute atomic E-state index is 12.2. The normalized spacial score (nSPS) is 17.5. The number of hydrogen-bond donors (Lipinski definition) is 4. The van der Waals surface area contributed by atoms with E-state index in [1.807, 2.05) is 0 Å². The number of hydrogen-bond acceptors (Lipinski definition) is 6. The van der Waals surface area contributed by atoms with Gasteiger partial charge in [0.2, 0.25) is 0 Å². The van der Waals surface area contributed by atoms with E-state index in [1.165, 1.54) is 30.0 Å². The number of carbonyl (C=O) groups excluding carboxylic acids is 1. The molecule has 0 aliphatic carbocycles. The molecule has 6 heteroatoms. The summed E-state index contributed by atoms with van der Waals surface area (Å²) in [7, 11) is 0. The fourth-order valence-electron chi connectivity index (χ4n) is 2.39. The Balaban J connectivity index is 2.08. The third kappa shape index (κ3) is 2.17. The minimum absolute atomic E-state index is 0.0612. The SMILES string of the molecule is O=C1CC(c2cccc(O)c2O)Sc2c(O)ccc(O)c21. The molecule has 1 heterocycles. The Bertz CT molecular complexity index is 741. The molecule has 0 bridgehead atoms. The molecule has 0 saturated carbocycles. The molecule has 2 aromatic carbocycles. The van der Waals surface area contributed by atoms with E-state index in [0.29, 0.717) is 10.5 Å². The molecule has 2 aromatic rings. The van der Waals surface area contributed by atoms with Crippen molar-refractivity contribution in [1.82, 2.24) is 0 Å². The van der Waals surface area contributed by atoms with Crippen molar-refractivity contribution >= 4 is 17.5 Å². The molecule has 0 spiro atoms. The van der Waals surface area contributed by atoms with Gasteiger partial charge in [0.1, 0.15) is 11.5 Å². The van der Waals surface area contributed by atoms with E-state index in [0.717, 1.165) is 0 Å². The summed E-state index contributed by atoms with van der Waals surface area (Å²) in [5, 5.41) is 38.7. The van der Waals surface area contributed by atoms with Crippen molar-refractivity contribution in [3.63, 3.8) is 0 Å². The van der Waals surface area contributed by atoms with Crippen molar-refractivity contribution in [2.75, 3.05) is 0 Å². The minimum Gasteiger partial charge on any atom is -0.507 e. The predicted molar refractivity (Wildman–Crippen MR) is 77.1 cm³/mol. The second kappa shape index (κ2) is 4.89. The summed E-state index contributed by atoms with van der Waals surface area (Å²) >= 11 is 1.18. The molecule has 3 rings (SSSR count). The second-order valence-electron chi connectivity index (χ2n) is 4.76. The molecule has 1 atom stereocenters. The number of para-hydroxylation sites is 1. The molecule has 1 aliphatic heterocycles. The lowest BCUT2D eigenvalue weighted by Gasteiger charge is -2.25. The fourth-order valence-corrected chi connectivity index (χ4v) is 3.75. The number of phenolic OH excluding ortho intramolecular Hbond substituents is 4. The summed E-state index contributed by atoms with van der Waals surface area (Å²) in [5.74, 6) is -1.10. The third-order valence-corrected chi connectivity index (χ3v) is 4.77. The van der Waals surface area contributed by atoms with Crippen LogP contribution in [-0.2, 0) is 0 Å². The second-order valence-corrected chi connectivity index (χ2v) is 5.97. The molecular formula is C15H12O5S. The summed E-state index contributed by atoms with van der Waals surface area (Å²) in [4.78, 5) is 12.5. The zero-order chi connectivity index (χ0) is 15.1. The van der Waals surface area contributed by atoms with Gasteiger partial charge in [-0.1, -0.05) is 12.1 Å². The number of thioether (sulfide) groups is 1. The van der Waals surface area contributed by atoms with E-state index in [1.54, 1.807) is 12.1 Å². The van der Waals surface area contributed by atoms with Crippen LogP contribution in [0.15, 0.2) is 35.2 Å². The Morgan fingerprint density at radius 3 is 2.43 bits per heavy atom. The Morgan fingerprint density at radius 1 is 0.952 bits per heavy atom. The van der Waals surface area contributed by atoms with Gasteiger partial charge in [0.25, 0.3) is 0 Å². The van der Waals surface area contributed by atoms with Crippen LogP contribution in [0.25, 0.3) is 0 Å². The lowest BCUT2D eigenvalue weighted by Crippen LogP contribution is -2.12. The highest BCUT2D eigenvalue weighted by Gasteiger charge is 2.32. The van der Waals surface area contributed by atoms with Gasteiger partial charge in [-0.3, -0.25) is 4.79 Å². The van der Waals surface area contributed by atoms with Gasteiger partial charge in [0.05, 0.1) is 10.5 Å². The van der Waals surface area contributed by atoms with Crippen LogP contribution in [0.4, 0.5) is 0 Å². The molecule has 0 amide bonds. The number of aromatic hydroxyl groups is 4. The quantitative estimate of drug-likeness (QED) is 0.478. The number of phenols is 4. The maximum Gasteiger partial charge on any atom is 0.169 e. The molecule has 1 aliphatic rings. The van der Waals surface area contributed by atoms with Crippen LogP contribution < -0.4 is 0 Å². The number of Topliss-reactive ketones (excluding diaryl/α,β-unsaturated/α-hetero) is 1.